The van der Waals surface area contributed by atoms with Crippen LogP contribution in [0.3, 0.4) is 0 Å². The molecule has 0 bridgehead atoms. The summed E-state index contributed by atoms with van der Waals surface area (Å²) in [5, 5.41) is 2.41. The molecular formula is C24H21F2N5O6. The van der Waals surface area contributed by atoms with Crippen molar-refractivity contribution in [2.24, 2.45) is 0 Å². The van der Waals surface area contributed by atoms with Crippen LogP contribution in [0.1, 0.15) is 28.9 Å². The van der Waals surface area contributed by atoms with Crippen molar-refractivity contribution in [3.05, 3.63) is 98.8 Å². The molecule has 0 saturated carbocycles. The smallest absolute Gasteiger partial charge is 0.419 e. The molecule has 0 aliphatic rings. The molecule has 3 heterocycles. The van der Waals surface area contributed by atoms with Gasteiger partial charge in [-0.25, -0.2) is 23.1 Å². The predicted molar refractivity (Wildman–Crippen MR) is 126 cm³/mol. The number of nitrogens with zero attached hydrogens (tertiary/aromatic N) is 4. The topological polar surface area (TPSA) is 126 Å². The van der Waals surface area contributed by atoms with Crippen LogP contribution in [0.15, 0.2) is 65.1 Å². The van der Waals surface area contributed by atoms with Crippen LogP contribution in [0, 0.1) is 11.6 Å². The van der Waals surface area contributed by atoms with E-state index in [-0.39, 0.29) is 35.5 Å². The normalized spacial score (nSPS) is 11.8. The number of carbonyl (C=O) groups excluding carboxylic acids is 2. The highest BCUT2D eigenvalue weighted by Crippen LogP contribution is 2.15. The van der Waals surface area contributed by atoms with Gasteiger partial charge in [-0.1, -0.05) is 6.07 Å². The monoisotopic (exact) mass is 513 g/mol. The molecule has 1 amide bonds. The summed E-state index contributed by atoms with van der Waals surface area (Å²) in [6.45, 7) is 1.19. The van der Waals surface area contributed by atoms with Gasteiger partial charge < -0.3 is 23.8 Å². The molecule has 0 aliphatic heterocycles. The number of methoxy groups -OCH3 is 1. The fourth-order valence-electron chi connectivity index (χ4n) is 3.62. The summed E-state index contributed by atoms with van der Waals surface area (Å²) in [5.74, 6) is -2.83. The van der Waals surface area contributed by atoms with E-state index in [9.17, 15) is 28.0 Å². The van der Waals surface area contributed by atoms with E-state index in [1.807, 2.05) is 0 Å². The zero-order valence-corrected chi connectivity index (χ0v) is 19.7. The van der Waals surface area contributed by atoms with Crippen molar-refractivity contribution in [2.75, 3.05) is 13.7 Å². The van der Waals surface area contributed by atoms with E-state index in [1.54, 1.807) is 6.92 Å². The van der Waals surface area contributed by atoms with Gasteiger partial charge in [0.2, 0.25) is 5.43 Å². The molecule has 0 radical (unpaired) electrons. The molecule has 37 heavy (non-hydrogen) atoms. The molecule has 1 N–H and O–H groups in total. The third-order valence-electron chi connectivity index (χ3n) is 5.56. The molecule has 11 nitrogen and oxygen atoms in total. The van der Waals surface area contributed by atoms with Crippen LogP contribution in [0.4, 0.5) is 13.6 Å². The van der Waals surface area contributed by atoms with Crippen LogP contribution in [-0.4, -0.2) is 44.2 Å². The van der Waals surface area contributed by atoms with Gasteiger partial charge in [-0.3, -0.25) is 14.4 Å². The Bertz CT molecular complexity index is 1600. The third-order valence-corrected chi connectivity index (χ3v) is 5.56. The first-order valence-corrected chi connectivity index (χ1v) is 10.9. The average molecular weight is 513 g/mol. The van der Waals surface area contributed by atoms with Gasteiger partial charge in [0.25, 0.3) is 11.5 Å². The molecule has 13 heteroatoms. The molecule has 1 aromatic carbocycles. The summed E-state index contributed by atoms with van der Waals surface area (Å²) in [6, 6.07) is 2.29. The minimum Gasteiger partial charge on any atom is -0.491 e. The summed E-state index contributed by atoms with van der Waals surface area (Å²) < 4.78 is 41.0. The maximum atomic E-state index is 13.9. The number of halogens is 2. The standard InChI is InChI=1S/C24H21F2N5O6/c1-14(12-37-24(35)30-6-5-27-13-30)31-8-7-29-11-17(20(32)21(36-2)19(29)23(31)34)22(33)28-10-15-3-4-16(25)9-18(15)26/h3-9,11,13-14H,10,12H2,1-2H3,(H,28,33)/t14-/m0/s1. The molecule has 0 saturated heterocycles. The molecule has 4 rings (SSSR count). The number of hydrogen-bond acceptors (Lipinski definition) is 7. The molecule has 0 aliphatic carbocycles. The van der Waals surface area contributed by atoms with Gasteiger partial charge in [-0.05, 0) is 13.0 Å². The Kier molecular flexibility index (Phi) is 7.13. The van der Waals surface area contributed by atoms with Gasteiger partial charge in [-0.15, -0.1) is 0 Å². The predicted octanol–water partition coefficient (Wildman–Crippen LogP) is 2.12. The van der Waals surface area contributed by atoms with Crippen LogP contribution < -0.4 is 21.0 Å². The van der Waals surface area contributed by atoms with Crippen molar-refractivity contribution in [3.8, 4) is 5.75 Å². The lowest BCUT2D eigenvalue weighted by atomic mass is 10.2. The van der Waals surface area contributed by atoms with Gasteiger partial charge in [-0.2, -0.15) is 0 Å². The number of carbonyl (C=O) groups is 2. The molecular weight excluding hydrogens is 492 g/mol. The SMILES string of the molecule is COc1c(=O)c(C(=O)NCc2ccc(F)cc2F)cn2ccn([C@@H](C)COC(=O)n3ccnc3)c(=O)c12. The quantitative estimate of drug-likeness (QED) is 0.401. The van der Waals surface area contributed by atoms with E-state index >= 15 is 0 Å². The second kappa shape index (κ2) is 10.4. The molecule has 0 fully saturated rings. The minimum atomic E-state index is -0.853. The molecule has 192 valence electrons. The van der Waals surface area contributed by atoms with E-state index in [1.165, 1.54) is 53.3 Å². The fraction of sp³-hybridized carbons (Fsp3) is 0.208. The minimum absolute atomic E-state index is 0.0215. The van der Waals surface area contributed by atoms with Gasteiger partial charge in [0.05, 0.1) is 13.2 Å². The molecule has 0 spiro atoms. The highest BCUT2D eigenvalue weighted by Gasteiger charge is 2.22. The average Bonchev–Trinajstić information content (AvgIpc) is 3.42. The van der Waals surface area contributed by atoms with E-state index in [2.05, 4.69) is 10.3 Å². The molecule has 3 aromatic heterocycles. The van der Waals surface area contributed by atoms with Crippen LogP contribution in [-0.2, 0) is 11.3 Å². The summed E-state index contributed by atoms with van der Waals surface area (Å²) >= 11 is 0. The lowest BCUT2D eigenvalue weighted by molar-refractivity contribution is 0.0948. The third kappa shape index (κ3) is 5.10. The zero-order valence-electron chi connectivity index (χ0n) is 19.7. The second-order valence-electron chi connectivity index (χ2n) is 7.99. The van der Waals surface area contributed by atoms with Crippen molar-refractivity contribution in [2.45, 2.75) is 19.5 Å². The van der Waals surface area contributed by atoms with Crippen LogP contribution >= 0.6 is 0 Å². The molecule has 1 atom stereocenters. The number of amides is 1. The maximum Gasteiger partial charge on any atom is 0.419 e. The van der Waals surface area contributed by atoms with Crippen LogP contribution in [0.25, 0.3) is 5.52 Å². The van der Waals surface area contributed by atoms with Crippen molar-refractivity contribution in [3.63, 3.8) is 0 Å². The first kappa shape index (κ1) is 25.3. The lowest BCUT2D eigenvalue weighted by Gasteiger charge is -2.17. The fourth-order valence-corrected chi connectivity index (χ4v) is 3.62. The Balaban J connectivity index is 1.60. The first-order chi connectivity index (χ1) is 17.7. The number of aromatic nitrogens is 4. The number of fused-ring (bicyclic) bond motifs is 1. The van der Waals surface area contributed by atoms with Gasteiger partial charge in [0.15, 0.2) is 11.3 Å². The summed E-state index contributed by atoms with van der Waals surface area (Å²) in [6.07, 6.45) is 7.42. The number of hydrogen-bond donors (Lipinski definition) is 1. The largest absolute Gasteiger partial charge is 0.491 e. The van der Waals surface area contributed by atoms with Crippen molar-refractivity contribution in [1.29, 1.82) is 0 Å². The van der Waals surface area contributed by atoms with E-state index in [0.717, 1.165) is 16.8 Å². The second-order valence-corrected chi connectivity index (χ2v) is 7.99. The molecule has 4 aromatic rings. The molecule has 0 unspecified atom stereocenters. The maximum absolute atomic E-state index is 13.9. The summed E-state index contributed by atoms with van der Waals surface area (Å²) in [5.41, 5.74) is -1.94. The highest BCUT2D eigenvalue weighted by atomic mass is 19.1. The van der Waals surface area contributed by atoms with E-state index in [0.29, 0.717) is 6.07 Å². The van der Waals surface area contributed by atoms with Gasteiger partial charge in [0, 0.05) is 49.2 Å². The number of pyridine rings is 1. The number of rotatable bonds is 7. The Hall–Kier alpha value is -4.81. The zero-order chi connectivity index (χ0) is 26.7. The first-order valence-electron chi connectivity index (χ1n) is 10.9. The Morgan fingerprint density at radius 3 is 2.62 bits per heavy atom. The number of ether oxygens (including phenoxy) is 2. The van der Waals surface area contributed by atoms with E-state index in [4.69, 9.17) is 9.47 Å². The summed E-state index contributed by atoms with van der Waals surface area (Å²) in [7, 11) is 1.18. The van der Waals surface area contributed by atoms with Crippen molar-refractivity contribution in [1.82, 2.24) is 23.8 Å². The summed E-state index contributed by atoms with van der Waals surface area (Å²) in [4.78, 5) is 54.8. The highest BCUT2D eigenvalue weighted by molar-refractivity contribution is 5.95. The van der Waals surface area contributed by atoms with Crippen LogP contribution in [0.2, 0.25) is 0 Å². The Morgan fingerprint density at radius 1 is 1.16 bits per heavy atom. The number of imidazole rings is 1. The van der Waals surface area contributed by atoms with Crippen molar-refractivity contribution < 1.29 is 27.8 Å². The number of nitrogens with one attached hydrogen (secondary N) is 1. The van der Waals surface area contributed by atoms with Gasteiger partial charge in [0.1, 0.15) is 30.1 Å². The van der Waals surface area contributed by atoms with Crippen molar-refractivity contribution >= 4 is 17.5 Å². The van der Waals surface area contributed by atoms with Gasteiger partial charge >= 0.3 is 6.09 Å². The Labute approximate surface area is 207 Å². The van der Waals surface area contributed by atoms with E-state index < -0.39 is 40.7 Å². The van der Waals surface area contributed by atoms with Crippen LogP contribution in [0.5, 0.6) is 5.75 Å². The Morgan fingerprint density at radius 2 is 1.95 bits per heavy atom. The number of benzene rings is 1. The lowest BCUT2D eigenvalue weighted by Crippen LogP contribution is -2.33.